The highest BCUT2D eigenvalue weighted by molar-refractivity contribution is 6.01. The summed E-state index contributed by atoms with van der Waals surface area (Å²) in [5, 5.41) is 0. The third-order valence-electron chi connectivity index (χ3n) is 3.85. The van der Waals surface area contributed by atoms with Gasteiger partial charge in [-0.15, -0.1) is 0 Å². The third-order valence-corrected chi connectivity index (χ3v) is 3.85. The van der Waals surface area contributed by atoms with Crippen LogP contribution in [0.3, 0.4) is 0 Å². The zero-order valence-electron chi connectivity index (χ0n) is 17.2. The number of hydrogen-bond donors (Lipinski definition) is 0. The number of benzene rings is 1. The van der Waals surface area contributed by atoms with E-state index >= 15 is 0 Å². The van der Waals surface area contributed by atoms with Crippen molar-refractivity contribution in [3.8, 4) is 0 Å². The molecular formula is C22H36O4. The number of hydrogen-bond acceptors (Lipinski definition) is 4. The summed E-state index contributed by atoms with van der Waals surface area (Å²) >= 11 is 0. The summed E-state index contributed by atoms with van der Waals surface area (Å²) in [6.45, 7) is 10.9. The fourth-order valence-corrected chi connectivity index (χ4v) is 2.29. The number of carbonyl (C=O) groups excluding carboxylic acids is 2. The lowest BCUT2D eigenvalue weighted by molar-refractivity contribution is 0.0464. The minimum Gasteiger partial charge on any atom is -0.462 e. The van der Waals surface area contributed by atoms with Crippen LogP contribution in [0.5, 0.6) is 0 Å². The van der Waals surface area contributed by atoms with E-state index in [1.54, 1.807) is 38.1 Å². The molecule has 0 saturated heterocycles. The third kappa shape index (κ3) is 10.3. The van der Waals surface area contributed by atoms with Crippen LogP contribution in [0, 0.1) is 0 Å². The molecule has 0 radical (unpaired) electrons. The summed E-state index contributed by atoms with van der Waals surface area (Å²) in [6.07, 6.45) is 6.75. The van der Waals surface area contributed by atoms with Crippen molar-refractivity contribution in [3.63, 3.8) is 0 Å². The highest BCUT2D eigenvalue weighted by atomic mass is 16.5. The van der Waals surface area contributed by atoms with Crippen molar-refractivity contribution in [2.45, 2.75) is 79.2 Å². The average molecular weight is 365 g/mol. The Morgan fingerprint density at radius 2 is 1.54 bits per heavy atom. The minimum absolute atomic E-state index is 0.113. The molecular weight excluding hydrogens is 328 g/mol. The van der Waals surface area contributed by atoms with Gasteiger partial charge < -0.3 is 9.47 Å². The topological polar surface area (TPSA) is 52.6 Å². The predicted molar refractivity (Wildman–Crippen MR) is 107 cm³/mol. The van der Waals surface area contributed by atoms with Gasteiger partial charge in [0.05, 0.1) is 12.2 Å². The Bertz CT molecular complexity index is 509. The number of rotatable bonds is 11. The van der Waals surface area contributed by atoms with Gasteiger partial charge in [0.25, 0.3) is 0 Å². The van der Waals surface area contributed by atoms with Crippen LogP contribution in [0.4, 0.5) is 0 Å². The minimum atomic E-state index is -0.501. The Balaban J connectivity index is 0.00000110. The summed E-state index contributed by atoms with van der Waals surface area (Å²) in [5.41, 5.74) is 0.865. The monoisotopic (exact) mass is 364 g/mol. The molecule has 1 rings (SSSR count). The van der Waals surface area contributed by atoms with E-state index in [2.05, 4.69) is 20.8 Å². The summed E-state index contributed by atoms with van der Waals surface area (Å²) in [5.74, 6) is -0.527. The Hall–Kier alpha value is -1.68. The Kier molecular flexibility index (Phi) is 14.6. The van der Waals surface area contributed by atoms with E-state index in [1.807, 2.05) is 0 Å². The van der Waals surface area contributed by atoms with E-state index in [0.29, 0.717) is 24.3 Å². The number of unbranched alkanes of at least 4 members (excludes halogenated alkanes) is 4. The molecule has 0 amide bonds. The first-order valence-corrected chi connectivity index (χ1v) is 9.94. The molecule has 0 aliphatic carbocycles. The van der Waals surface area contributed by atoms with Gasteiger partial charge >= 0.3 is 5.97 Å². The van der Waals surface area contributed by atoms with Crippen molar-refractivity contribution >= 4 is 11.8 Å². The molecule has 1 aromatic carbocycles. The van der Waals surface area contributed by atoms with Crippen LogP contribution in [0.15, 0.2) is 24.3 Å². The lowest BCUT2D eigenvalue weighted by atomic mass is 10.0. The molecule has 148 valence electrons. The molecule has 0 heterocycles. The molecule has 0 spiro atoms. The van der Waals surface area contributed by atoms with Gasteiger partial charge in [0.1, 0.15) is 6.10 Å². The SMILES string of the molecule is CCCCC.CCCCCOC(C)C(=O)c1cccc(C(=O)OCC)c1. The Morgan fingerprint density at radius 1 is 0.923 bits per heavy atom. The van der Waals surface area contributed by atoms with Gasteiger partial charge in [0.15, 0.2) is 5.78 Å². The molecule has 0 aromatic heterocycles. The summed E-state index contributed by atoms with van der Waals surface area (Å²) < 4.78 is 10.5. The molecule has 0 bridgehead atoms. The molecule has 1 aromatic rings. The predicted octanol–water partition coefficient (Wildman–Crippen LogP) is 5.84. The normalized spacial score (nSPS) is 11.3. The fourth-order valence-electron chi connectivity index (χ4n) is 2.29. The summed E-state index contributed by atoms with van der Waals surface area (Å²) in [7, 11) is 0. The van der Waals surface area contributed by atoms with Crippen LogP contribution >= 0.6 is 0 Å². The van der Waals surface area contributed by atoms with Crippen LogP contribution in [0.1, 0.15) is 93.9 Å². The molecule has 0 saturated carbocycles. The summed E-state index contributed by atoms with van der Waals surface area (Å²) in [6, 6.07) is 6.58. The van der Waals surface area contributed by atoms with Gasteiger partial charge in [-0.25, -0.2) is 4.79 Å². The van der Waals surface area contributed by atoms with E-state index in [4.69, 9.17) is 9.47 Å². The van der Waals surface area contributed by atoms with Crippen LogP contribution in [0.25, 0.3) is 0 Å². The Labute approximate surface area is 159 Å². The fraction of sp³-hybridized carbons (Fsp3) is 0.636. The Morgan fingerprint density at radius 3 is 2.08 bits per heavy atom. The van der Waals surface area contributed by atoms with Gasteiger partial charge in [0, 0.05) is 12.2 Å². The molecule has 1 atom stereocenters. The smallest absolute Gasteiger partial charge is 0.338 e. The van der Waals surface area contributed by atoms with Crippen molar-refractivity contribution < 1.29 is 19.1 Å². The number of ketones is 1. The van der Waals surface area contributed by atoms with Gasteiger partial charge in [-0.1, -0.05) is 65.0 Å². The van der Waals surface area contributed by atoms with Crippen molar-refractivity contribution in [1.29, 1.82) is 0 Å². The first-order valence-electron chi connectivity index (χ1n) is 9.94. The van der Waals surface area contributed by atoms with Crippen molar-refractivity contribution in [2.75, 3.05) is 13.2 Å². The maximum Gasteiger partial charge on any atom is 0.338 e. The number of ether oxygens (including phenoxy) is 2. The van der Waals surface area contributed by atoms with Crippen molar-refractivity contribution in [3.05, 3.63) is 35.4 Å². The molecule has 0 N–H and O–H groups in total. The number of esters is 1. The van der Waals surface area contributed by atoms with Gasteiger partial charge in [-0.3, -0.25) is 4.79 Å². The first-order chi connectivity index (χ1) is 12.5. The van der Waals surface area contributed by atoms with Crippen molar-refractivity contribution in [2.24, 2.45) is 0 Å². The standard InChI is InChI=1S/C17H24O4.C5H12/c1-4-6-7-11-21-13(3)16(18)14-9-8-10-15(12-14)17(19)20-5-2;1-3-5-4-2/h8-10,12-13H,4-7,11H2,1-3H3;3-5H2,1-2H3. The first kappa shape index (κ1) is 24.3. The van der Waals surface area contributed by atoms with Crippen LogP contribution in [0.2, 0.25) is 0 Å². The molecule has 0 aliphatic rings. The van der Waals surface area contributed by atoms with Gasteiger partial charge in [-0.2, -0.15) is 0 Å². The van der Waals surface area contributed by atoms with E-state index < -0.39 is 12.1 Å². The molecule has 4 nitrogen and oxygen atoms in total. The molecule has 1 unspecified atom stereocenters. The van der Waals surface area contributed by atoms with Crippen LogP contribution in [-0.2, 0) is 9.47 Å². The van der Waals surface area contributed by atoms with E-state index in [0.717, 1.165) is 19.3 Å². The summed E-state index contributed by atoms with van der Waals surface area (Å²) in [4.78, 5) is 23.9. The quantitative estimate of drug-likeness (QED) is 0.281. The molecule has 26 heavy (non-hydrogen) atoms. The lowest BCUT2D eigenvalue weighted by Crippen LogP contribution is -2.22. The van der Waals surface area contributed by atoms with E-state index in [9.17, 15) is 9.59 Å². The highest BCUT2D eigenvalue weighted by Crippen LogP contribution is 2.11. The van der Waals surface area contributed by atoms with E-state index in [1.165, 1.54) is 19.3 Å². The van der Waals surface area contributed by atoms with Gasteiger partial charge in [0.2, 0.25) is 0 Å². The average Bonchev–Trinajstić information content (AvgIpc) is 2.66. The largest absolute Gasteiger partial charge is 0.462 e. The van der Waals surface area contributed by atoms with Crippen LogP contribution in [-0.4, -0.2) is 31.1 Å². The van der Waals surface area contributed by atoms with Crippen molar-refractivity contribution in [1.82, 2.24) is 0 Å². The van der Waals surface area contributed by atoms with Gasteiger partial charge in [-0.05, 0) is 32.4 Å². The number of Topliss-reactive ketones (excluding diaryl/α,β-unsaturated/α-hetero) is 1. The zero-order valence-corrected chi connectivity index (χ0v) is 17.2. The maximum absolute atomic E-state index is 12.3. The van der Waals surface area contributed by atoms with E-state index in [-0.39, 0.29) is 5.78 Å². The number of carbonyl (C=O) groups is 2. The molecule has 0 aliphatic heterocycles. The van der Waals surface area contributed by atoms with Crippen LogP contribution < -0.4 is 0 Å². The molecule has 4 heteroatoms. The second-order valence-electron chi connectivity index (χ2n) is 6.24. The second kappa shape index (κ2) is 15.6. The lowest BCUT2D eigenvalue weighted by Gasteiger charge is -2.12. The molecule has 0 fully saturated rings. The second-order valence-corrected chi connectivity index (χ2v) is 6.24. The zero-order chi connectivity index (χ0) is 19.8. The highest BCUT2D eigenvalue weighted by Gasteiger charge is 2.17. The maximum atomic E-state index is 12.3.